The van der Waals surface area contributed by atoms with Crippen molar-refractivity contribution < 1.29 is 43.7 Å². The van der Waals surface area contributed by atoms with Gasteiger partial charge < -0.3 is 35.3 Å². The topological polar surface area (TPSA) is 229 Å². The molecule has 0 bridgehead atoms. The highest BCUT2D eigenvalue weighted by molar-refractivity contribution is 6.07. The Morgan fingerprint density at radius 1 is 0.926 bits per heavy atom. The number of anilines is 2. The molecule has 0 unspecified atom stereocenters. The number of hydrogen-bond donors (Lipinski definition) is 4. The van der Waals surface area contributed by atoms with Crippen LogP contribution in [0.25, 0.3) is 11.0 Å². The number of aryl methyl sites for hydroxylation is 1. The van der Waals surface area contributed by atoms with Gasteiger partial charge in [-0.3, -0.25) is 14.5 Å². The van der Waals surface area contributed by atoms with Crippen molar-refractivity contribution in [2.45, 2.75) is 52.5 Å². The molecule has 2 heterocycles. The number of aliphatic carboxylic acids is 2. The van der Waals surface area contributed by atoms with E-state index >= 15 is 0 Å². The lowest BCUT2D eigenvalue weighted by Gasteiger charge is -2.21. The van der Waals surface area contributed by atoms with E-state index in [4.69, 9.17) is 30.4 Å². The minimum Gasteiger partial charge on any atom is -0.478 e. The summed E-state index contributed by atoms with van der Waals surface area (Å²) in [4.78, 5) is 71.1. The van der Waals surface area contributed by atoms with Gasteiger partial charge in [0.1, 0.15) is 17.5 Å². The first-order chi connectivity index (χ1) is 25.9. The molecule has 0 aliphatic carbocycles. The molecule has 0 aliphatic heterocycles. The van der Waals surface area contributed by atoms with Gasteiger partial charge in [0.2, 0.25) is 0 Å². The normalized spacial score (nSPS) is 11.1. The highest BCUT2D eigenvalue weighted by atomic mass is 16.5. The maximum atomic E-state index is 13.6. The number of fused-ring (bicyclic) bond motifs is 1. The third-order valence-electron chi connectivity index (χ3n) is 7.67. The summed E-state index contributed by atoms with van der Waals surface area (Å²) in [5.74, 6) is -1.89. The lowest BCUT2D eigenvalue weighted by molar-refractivity contribution is -0.142. The summed E-state index contributed by atoms with van der Waals surface area (Å²) in [7, 11) is 1.91. The zero-order chi connectivity index (χ0) is 39.5. The van der Waals surface area contributed by atoms with Gasteiger partial charge in [-0.25, -0.2) is 24.4 Å². The number of amidine groups is 1. The lowest BCUT2D eigenvalue weighted by Crippen LogP contribution is -2.34. The number of carboxylic acids is 2. The number of amides is 2. The Hall–Kier alpha value is -6.58. The van der Waals surface area contributed by atoms with Gasteiger partial charge in [-0.15, -0.1) is 0 Å². The number of carboxylic acid groups (broad SMARTS) is 2. The molecular formula is C38H45N7O9. The van der Waals surface area contributed by atoms with Crippen LogP contribution in [0.3, 0.4) is 0 Å². The second kappa shape index (κ2) is 21.7. The van der Waals surface area contributed by atoms with Crippen molar-refractivity contribution in [3.63, 3.8) is 0 Å². The van der Waals surface area contributed by atoms with Crippen LogP contribution in [-0.2, 0) is 37.4 Å². The fraction of sp³-hybridized carbons (Fsp3) is 0.316. The molecule has 2 amide bonds. The van der Waals surface area contributed by atoms with Gasteiger partial charge in [-0.05, 0) is 67.9 Å². The predicted octanol–water partition coefficient (Wildman–Crippen LogP) is 5.31. The van der Waals surface area contributed by atoms with Gasteiger partial charge in [0, 0.05) is 48.8 Å². The first kappa shape index (κ1) is 41.8. The van der Waals surface area contributed by atoms with Crippen LogP contribution in [0.4, 0.5) is 16.3 Å². The summed E-state index contributed by atoms with van der Waals surface area (Å²) in [5, 5.41) is 19.0. The molecule has 54 heavy (non-hydrogen) atoms. The van der Waals surface area contributed by atoms with Gasteiger partial charge in [-0.2, -0.15) is 4.99 Å². The fourth-order valence-corrected chi connectivity index (χ4v) is 4.93. The first-order valence-corrected chi connectivity index (χ1v) is 17.3. The number of esters is 1. The number of nitrogens with zero attached hydrogens (tertiary/aromatic N) is 5. The van der Waals surface area contributed by atoms with E-state index in [1.165, 1.54) is 4.90 Å². The van der Waals surface area contributed by atoms with E-state index in [9.17, 15) is 24.0 Å². The van der Waals surface area contributed by atoms with Crippen LogP contribution in [0.15, 0.2) is 84.0 Å². The smallest absolute Gasteiger partial charge is 0.435 e. The van der Waals surface area contributed by atoms with Crippen molar-refractivity contribution in [3.05, 3.63) is 96.0 Å². The Bertz CT molecular complexity index is 1930. The number of ether oxygens (including phenoxy) is 2. The molecule has 5 N–H and O–H groups in total. The van der Waals surface area contributed by atoms with Crippen LogP contribution < -0.4 is 16.0 Å². The molecule has 4 rings (SSSR count). The summed E-state index contributed by atoms with van der Waals surface area (Å²) in [6, 6.07) is 17.9. The monoisotopic (exact) mass is 743 g/mol. The van der Waals surface area contributed by atoms with E-state index in [-0.39, 0.29) is 37.3 Å². The molecule has 2 aromatic heterocycles. The molecule has 0 spiro atoms. The molecule has 0 fully saturated rings. The van der Waals surface area contributed by atoms with E-state index in [1.54, 1.807) is 55.6 Å². The SMILES string of the molecule is CCCCCCOC(=O)/N=C(\N)c1ccc(NCc2nc3cc(C(=O)N(CCC(=O)OCC)c4ccccn4)ccc3n2C)cc1.O=C(O)/C=C\C(=O)O. The van der Waals surface area contributed by atoms with Crippen molar-refractivity contribution in [2.24, 2.45) is 17.8 Å². The molecule has 286 valence electrons. The number of carbonyl (C=O) groups excluding carboxylic acids is 3. The number of carbonyl (C=O) groups is 5. The number of nitrogens with one attached hydrogen (secondary N) is 1. The second-order valence-electron chi connectivity index (χ2n) is 11.6. The van der Waals surface area contributed by atoms with Crippen molar-refractivity contribution in [3.8, 4) is 0 Å². The Morgan fingerprint density at radius 2 is 1.63 bits per heavy atom. The number of unbranched alkanes of at least 4 members (excludes halogenated alkanes) is 3. The van der Waals surface area contributed by atoms with E-state index in [0.717, 1.165) is 42.7 Å². The van der Waals surface area contributed by atoms with Crippen LogP contribution in [0.1, 0.15) is 67.7 Å². The third-order valence-corrected chi connectivity index (χ3v) is 7.67. The van der Waals surface area contributed by atoms with E-state index in [0.29, 0.717) is 47.8 Å². The summed E-state index contributed by atoms with van der Waals surface area (Å²) in [6.07, 6.45) is 6.11. The van der Waals surface area contributed by atoms with Crippen molar-refractivity contribution >= 4 is 58.3 Å². The van der Waals surface area contributed by atoms with Crippen molar-refractivity contribution in [1.29, 1.82) is 0 Å². The number of benzene rings is 2. The molecule has 16 heteroatoms. The van der Waals surface area contributed by atoms with Gasteiger partial charge in [0.15, 0.2) is 0 Å². The number of rotatable bonds is 17. The molecule has 16 nitrogen and oxygen atoms in total. The van der Waals surface area contributed by atoms with E-state index in [1.807, 2.05) is 29.8 Å². The molecule has 0 atom stereocenters. The largest absolute Gasteiger partial charge is 0.478 e. The Labute approximate surface area is 312 Å². The molecule has 4 aromatic rings. The standard InChI is InChI=1S/C34H41N7O5.C4H4O4/c1-4-6-7-10-21-46-34(44)39-32(35)24-12-15-26(16-13-24)37-23-30-38-27-22-25(14-17-28(27)40(30)3)33(43)41(20-18-31(42)45-5-2)29-11-8-9-19-36-29;5-3(6)1-2-4(7)8/h8-9,11-17,19,22,37H,4-7,10,18,20-21,23H2,1-3H3,(H2,35,39,44);1-2H,(H,5,6)(H,7,8)/b;2-1-. The zero-order valence-corrected chi connectivity index (χ0v) is 30.4. The van der Waals surface area contributed by atoms with Crippen LogP contribution in [0.5, 0.6) is 0 Å². The van der Waals surface area contributed by atoms with Gasteiger partial charge in [-0.1, -0.05) is 32.3 Å². The maximum Gasteiger partial charge on any atom is 0.435 e. The fourth-order valence-electron chi connectivity index (χ4n) is 4.93. The lowest BCUT2D eigenvalue weighted by atomic mass is 10.1. The zero-order valence-electron chi connectivity index (χ0n) is 30.4. The number of aromatic nitrogens is 3. The van der Waals surface area contributed by atoms with E-state index < -0.39 is 18.0 Å². The minimum absolute atomic E-state index is 0.0455. The summed E-state index contributed by atoms with van der Waals surface area (Å²) >= 11 is 0. The molecule has 0 saturated carbocycles. The van der Waals surface area contributed by atoms with Crippen LogP contribution in [0, 0.1) is 0 Å². The average molecular weight is 744 g/mol. The average Bonchev–Trinajstić information content (AvgIpc) is 3.48. The summed E-state index contributed by atoms with van der Waals surface area (Å²) in [6.45, 7) is 5.02. The van der Waals surface area contributed by atoms with Crippen molar-refractivity contribution in [2.75, 3.05) is 30.0 Å². The second-order valence-corrected chi connectivity index (χ2v) is 11.6. The summed E-state index contributed by atoms with van der Waals surface area (Å²) < 4.78 is 12.1. The molecule has 0 radical (unpaired) electrons. The number of nitrogens with two attached hydrogens (primary N) is 1. The van der Waals surface area contributed by atoms with Gasteiger partial charge in [0.05, 0.1) is 37.2 Å². The third kappa shape index (κ3) is 13.5. The highest BCUT2D eigenvalue weighted by Crippen LogP contribution is 2.21. The number of hydrogen-bond acceptors (Lipinski definition) is 10. The van der Waals surface area contributed by atoms with Crippen LogP contribution in [-0.4, -0.2) is 80.3 Å². The number of aliphatic imine (C=N–C) groups is 1. The molecule has 0 aliphatic rings. The van der Waals surface area contributed by atoms with Crippen LogP contribution in [0.2, 0.25) is 0 Å². The van der Waals surface area contributed by atoms with E-state index in [2.05, 4.69) is 22.2 Å². The minimum atomic E-state index is -1.26. The van der Waals surface area contributed by atoms with Gasteiger partial charge in [0.25, 0.3) is 5.91 Å². The Morgan fingerprint density at radius 3 is 2.26 bits per heavy atom. The Kier molecular flexibility index (Phi) is 16.8. The first-order valence-electron chi connectivity index (χ1n) is 17.3. The quantitative estimate of drug-likeness (QED) is 0.0354. The van der Waals surface area contributed by atoms with Gasteiger partial charge >= 0.3 is 24.0 Å². The number of imidazole rings is 1. The summed E-state index contributed by atoms with van der Waals surface area (Å²) in [5.41, 5.74) is 9.40. The highest BCUT2D eigenvalue weighted by Gasteiger charge is 2.21. The maximum absolute atomic E-state index is 13.6. The number of pyridine rings is 1. The molecular weight excluding hydrogens is 698 g/mol. The molecule has 0 saturated heterocycles. The van der Waals surface area contributed by atoms with Crippen LogP contribution >= 0.6 is 0 Å². The Balaban J connectivity index is 0.000000879. The predicted molar refractivity (Wildman–Crippen MR) is 202 cm³/mol. The van der Waals surface area contributed by atoms with Crippen molar-refractivity contribution in [1.82, 2.24) is 14.5 Å². The molecule has 2 aromatic carbocycles.